The summed E-state index contributed by atoms with van der Waals surface area (Å²) < 4.78 is 150. The molecular weight excluding hydrogens is 514 g/mol. The molecule has 186 valence electrons. The van der Waals surface area contributed by atoms with Crippen LogP contribution in [0.4, 0.5) is 43.9 Å². The molecule has 34 heavy (non-hydrogen) atoms. The van der Waals surface area contributed by atoms with Gasteiger partial charge in [-0.3, -0.25) is 0 Å². The highest BCUT2D eigenvalue weighted by molar-refractivity contribution is 6.80. The predicted octanol–water partition coefficient (Wildman–Crippen LogP) is 7.03. The van der Waals surface area contributed by atoms with Crippen LogP contribution in [0.15, 0.2) is 9.32 Å². The first-order chi connectivity index (χ1) is 15.3. The number of benzene rings is 2. The molecule has 14 heteroatoms. The van der Waals surface area contributed by atoms with Crippen LogP contribution in [0.3, 0.4) is 0 Å². The highest BCUT2D eigenvalue weighted by Gasteiger charge is 2.37. The lowest BCUT2D eigenvalue weighted by atomic mass is 9.97. The second kappa shape index (κ2) is 9.28. The van der Waals surface area contributed by atoms with Crippen LogP contribution in [-0.2, 0) is 0 Å². The van der Waals surface area contributed by atoms with Gasteiger partial charge in [-0.1, -0.05) is 0 Å². The Labute approximate surface area is 190 Å². The summed E-state index contributed by atoms with van der Waals surface area (Å²) in [5.41, 5.74) is -5.81. The van der Waals surface area contributed by atoms with E-state index in [1.54, 1.807) is 0 Å². The number of halogens is 10. The molecule has 0 aromatic heterocycles. The van der Waals surface area contributed by atoms with Crippen molar-refractivity contribution in [1.82, 2.24) is 0 Å². The third kappa shape index (κ3) is 5.26. The standard InChI is InChI=1S/C20H18F10N2Si2/c1-33(2,3)31-19(7-9(21)13(25)17(29)14(26)10(7)22)20(32-34(4,5)6)8-11(23)15(27)18(30)16(28)12(8)24/h1-6H3/b31-19+,32-20+. The average molecular weight is 533 g/mol. The first kappa shape index (κ1) is 27.8. The normalized spacial score (nSPS) is 13.6. The fourth-order valence-electron chi connectivity index (χ4n) is 2.75. The van der Waals surface area contributed by atoms with E-state index in [0.29, 0.717) is 0 Å². The maximum atomic E-state index is 14.7. The molecule has 0 aliphatic heterocycles. The van der Waals surface area contributed by atoms with Crippen LogP contribution in [0.1, 0.15) is 11.1 Å². The Kier molecular flexibility index (Phi) is 7.58. The van der Waals surface area contributed by atoms with E-state index in [4.69, 9.17) is 0 Å². The summed E-state index contributed by atoms with van der Waals surface area (Å²) in [5.74, 6) is -24.2. The maximum absolute atomic E-state index is 14.7. The Morgan fingerprint density at radius 1 is 0.382 bits per heavy atom. The van der Waals surface area contributed by atoms with Gasteiger partial charge in [-0.2, -0.15) is 0 Å². The molecule has 2 rings (SSSR count). The summed E-state index contributed by atoms with van der Waals surface area (Å²) in [6.45, 7) is 8.61. The number of rotatable bonds is 5. The van der Waals surface area contributed by atoms with Crippen LogP contribution in [0, 0.1) is 58.2 Å². The van der Waals surface area contributed by atoms with Crippen molar-refractivity contribution in [2.75, 3.05) is 0 Å². The fraction of sp³-hybridized carbons (Fsp3) is 0.300. The van der Waals surface area contributed by atoms with Gasteiger partial charge in [0.15, 0.2) is 63.0 Å². The van der Waals surface area contributed by atoms with E-state index in [2.05, 4.69) is 9.32 Å². The highest BCUT2D eigenvalue weighted by atomic mass is 28.3. The van der Waals surface area contributed by atoms with Crippen molar-refractivity contribution in [3.05, 3.63) is 69.3 Å². The van der Waals surface area contributed by atoms with E-state index in [0.717, 1.165) is 0 Å². The second-order valence-corrected chi connectivity index (χ2v) is 18.3. The topological polar surface area (TPSA) is 24.7 Å². The largest absolute Gasteiger partial charge is 0.319 e. The van der Waals surface area contributed by atoms with Gasteiger partial charge < -0.3 is 9.32 Å². The van der Waals surface area contributed by atoms with E-state index in [1.807, 2.05) is 0 Å². The third-order valence-electron chi connectivity index (χ3n) is 4.01. The molecule has 0 saturated heterocycles. The molecule has 0 saturated carbocycles. The van der Waals surface area contributed by atoms with Crippen LogP contribution in [0.5, 0.6) is 0 Å². The van der Waals surface area contributed by atoms with Crippen molar-refractivity contribution >= 4 is 27.9 Å². The smallest absolute Gasteiger partial charge is 0.200 e. The minimum absolute atomic E-state index is 1.21. The Hall–Kier alpha value is -2.49. The molecule has 2 aromatic carbocycles. The predicted molar refractivity (Wildman–Crippen MR) is 112 cm³/mol. The minimum atomic E-state index is -3.00. The molecule has 0 amide bonds. The molecule has 0 radical (unpaired) electrons. The van der Waals surface area contributed by atoms with Gasteiger partial charge in [-0.25, -0.2) is 43.9 Å². The molecule has 0 aliphatic carbocycles. The lowest BCUT2D eigenvalue weighted by Crippen LogP contribution is -2.33. The molecular formula is C20H18F10N2Si2. The molecule has 0 fully saturated rings. The first-order valence-electron chi connectivity index (χ1n) is 9.53. The Bertz CT molecular complexity index is 1070. The summed E-state index contributed by atoms with van der Waals surface area (Å²) in [7, 11) is -5.99. The minimum Gasteiger partial charge on any atom is -0.319 e. The van der Waals surface area contributed by atoms with Crippen LogP contribution in [0.2, 0.25) is 39.3 Å². The summed E-state index contributed by atoms with van der Waals surface area (Å²) in [6, 6.07) is 0. The third-order valence-corrected chi connectivity index (χ3v) is 5.80. The monoisotopic (exact) mass is 532 g/mol. The number of nitrogens with zero attached hydrogens (tertiary/aromatic N) is 2. The van der Waals surface area contributed by atoms with Gasteiger partial charge in [0.2, 0.25) is 11.6 Å². The van der Waals surface area contributed by atoms with E-state index in [1.165, 1.54) is 39.3 Å². The molecule has 0 N–H and O–H groups in total. The SMILES string of the molecule is C[Si](C)(C)/N=C(/C(=N/[Si](C)(C)C)c1c(F)c(F)c(F)c(F)c1F)c1c(F)c(F)c(F)c(F)c1F. The van der Waals surface area contributed by atoms with E-state index in [-0.39, 0.29) is 0 Å². The molecule has 2 aromatic rings. The molecule has 0 heterocycles. The average Bonchev–Trinajstić information content (AvgIpc) is 2.70. The van der Waals surface area contributed by atoms with Crippen LogP contribution in [0.25, 0.3) is 0 Å². The van der Waals surface area contributed by atoms with Crippen molar-refractivity contribution in [2.45, 2.75) is 39.3 Å². The van der Waals surface area contributed by atoms with Crippen molar-refractivity contribution in [2.24, 2.45) is 9.32 Å². The van der Waals surface area contributed by atoms with Crippen LogP contribution >= 0.6 is 0 Å². The molecule has 0 atom stereocenters. The summed E-state index contributed by atoms with van der Waals surface area (Å²) >= 11 is 0. The van der Waals surface area contributed by atoms with Gasteiger partial charge in [0, 0.05) is 0 Å². The van der Waals surface area contributed by atoms with Crippen LogP contribution < -0.4 is 0 Å². The highest BCUT2D eigenvalue weighted by Crippen LogP contribution is 2.30. The quantitative estimate of drug-likeness (QED) is 0.130. The zero-order chi connectivity index (χ0) is 26.5. The number of hydrogen-bond acceptors (Lipinski definition) is 2. The molecule has 0 aliphatic rings. The zero-order valence-corrected chi connectivity index (χ0v) is 20.7. The van der Waals surface area contributed by atoms with E-state index >= 15 is 0 Å². The number of hydrogen-bond donors (Lipinski definition) is 0. The van der Waals surface area contributed by atoms with Gasteiger partial charge in [0.25, 0.3) is 0 Å². The van der Waals surface area contributed by atoms with Crippen molar-refractivity contribution in [3.8, 4) is 0 Å². The fourth-order valence-corrected chi connectivity index (χ4v) is 4.53. The van der Waals surface area contributed by atoms with E-state index in [9.17, 15) is 43.9 Å². The second-order valence-electron chi connectivity index (χ2n) is 9.15. The Balaban J connectivity index is 3.22. The van der Waals surface area contributed by atoms with Gasteiger partial charge in [0.1, 0.15) is 0 Å². The van der Waals surface area contributed by atoms with Crippen LogP contribution in [-0.4, -0.2) is 27.9 Å². The van der Waals surface area contributed by atoms with Gasteiger partial charge in [0.05, 0.1) is 22.6 Å². The molecule has 2 nitrogen and oxygen atoms in total. The summed E-state index contributed by atoms with van der Waals surface area (Å²) in [6.07, 6.45) is 0. The lowest BCUT2D eigenvalue weighted by Gasteiger charge is -2.22. The Morgan fingerprint density at radius 3 is 0.735 bits per heavy atom. The molecule has 0 bridgehead atoms. The zero-order valence-electron chi connectivity index (χ0n) is 18.7. The summed E-state index contributed by atoms with van der Waals surface area (Å²) in [4.78, 5) is 0. The lowest BCUT2D eigenvalue weighted by molar-refractivity contribution is 0.376. The summed E-state index contributed by atoms with van der Waals surface area (Å²) in [5, 5.41) is 0. The Morgan fingerprint density at radius 2 is 0.559 bits per heavy atom. The van der Waals surface area contributed by atoms with Crippen molar-refractivity contribution < 1.29 is 43.9 Å². The molecule has 0 spiro atoms. The first-order valence-corrected chi connectivity index (χ1v) is 16.4. The van der Waals surface area contributed by atoms with E-state index < -0.39 is 97.2 Å². The van der Waals surface area contributed by atoms with Gasteiger partial charge in [-0.05, 0) is 39.3 Å². The maximum Gasteiger partial charge on any atom is 0.200 e. The van der Waals surface area contributed by atoms with Crippen molar-refractivity contribution in [3.63, 3.8) is 0 Å². The van der Waals surface area contributed by atoms with Gasteiger partial charge in [-0.15, -0.1) is 0 Å². The molecule has 0 unspecified atom stereocenters. The van der Waals surface area contributed by atoms with Crippen molar-refractivity contribution in [1.29, 1.82) is 0 Å². The van der Waals surface area contributed by atoms with Gasteiger partial charge >= 0.3 is 0 Å².